The second-order valence-corrected chi connectivity index (χ2v) is 10.2. The first-order valence-corrected chi connectivity index (χ1v) is 12.1. The van der Waals surface area contributed by atoms with Crippen LogP contribution in [0.25, 0.3) is 0 Å². The van der Waals surface area contributed by atoms with Crippen LogP contribution in [0, 0.1) is 17.8 Å². The number of hydrogen-bond acceptors (Lipinski definition) is 6. The van der Waals surface area contributed by atoms with Crippen LogP contribution in [0.5, 0.6) is 0 Å². The molecule has 4 fully saturated rings. The van der Waals surface area contributed by atoms with Crippen LogP contribution in [0.2, 0.25) is 0 Å². The lowest BCUT2D eigenvalue weighted by Gasteiger charge is -2.36. The third kappa shape index (κ3) is 4.53. The fourth-order valence-corrected chi connectivity index (χ4v) is 5.80. The van der Waals surface area contributed by atoms with Crippen molar-refractivity contribution >= 4 is 29.7 Å². The molecule has 3 heterocycles. The molecular weight excluding hydrogens is 420 g/mol. The van der Waals surface area contributed by atoms with Crippen LogP contribution in [0.15, 0.2) is 18.2 Å². The van der Waals surface area contributed by atoms with E-state index < -0.39 is 11.9 Å². The summed E-state index contributed by atoms with van der Waals surface area (Å²) in [5, 5.41) is 2.29. The zero-order valence-electron chi connectivity index (χ0n) is 19.2. The van der Waals surface area contributed by atoms with Crippen LogP contribution in [-0.2, 0) is 9.59 Å². The zero-order chi connectivity index (χ0) is 23.1. The summed E-state index contributed by atoms with van der Waals surface area (Å²) in [5.74, 6) is 1.48. The number of likely N-dealkylation sites (N-methyl/N-ethyl adjacent to an activating group) is 1. The van der Waals surface area contributed by atoms with E-state index in [1.54, 1.807) is 19.2 Å². The van der Waals surface area contributed by atoms with Gasteiger partial charge in [0.05, 0.1) is 5.56 Å². The van der Waals surface area contributed by atoms with Gasteiger partial charge in [-0.3, -0.25) is 24.5 Å². The van der Waals surface area contributed by atoms with E-state index in [1.807, 2.05) is 6.07 Å². The van der Waals surface area contributed by atoms with Gasteiger partial charge in [-0.15, -0.1) is 0 Å². The van der Waals surface area contributed by atoms with E-state index in [9.17, 15) is 19.2 Å². The second-order valence-electron chi connectivity index (χ2n) is 10.2. The third-order valence-corrected chi connectivity index (χ3v) is 7.94. The molecule has 3 aliphatic heterocycles. The first kappa shape index (κ1) is 22.1. The predicted molar refractivity (Wildman–Crippen MR) is 123 cm³/mol. The Morgan fingerprint density at radius 1 is 1.15 bits per heavy atom. The molecule has 1 aromatic carbocycles. The van der Waals surface area contributed by atoms with Crippen LogP contribution in [0.4, 0.5) is 5.69 Å². The number of aldehydes is 1. The maximum atomic E-state index is 13.2. The lowest BCUT2D eigenvalue weighted by molar-refractivity contribution is -0.136. The van der Waals surface area contributed by atoms with Gasteiger partial charge in [0.2, 0.25) is 11.8 Å². The van der Waals surface area contributed by atoms with Gasteiger partial charge in [0, 0.05) is 57.4 Å². The molecule has 3 amide bonds. The van der Waals surface area contributed by atoms with Crippen LogP contribution >= 0.6 is 0 Å². The predicted octanol–water partition coefficient (Wildman–Crippen LogP) is 1.54. The molecule has 5 rings (SSSR count). The summed E-state index contributed by atoms with van der Waals surface area (Å²) >= 11 is 0. The van der Waals surface area contributed by atoms with E-state index in [2.05, 4.69) is 15.1 Å². The van der Waals surface area contributed by atoms with Crippen molar-refractivity contribution in [2.75, 3.05) is 44.7 Å². The number of imide groups is 1. The van der Waals surface area contributed by atoms with E-state index in [-0.39, 0.29) is 24.7 Å². The van der Waals surface area contributed by atoms with Crippen LogP contribution in [-0.4, -0.2) is 79.6 Å². The number of likely N-dealkylation sites (tertiary alicyclic amines) is 1. The van der Waals surface area contributed by atoms with Crippen molar-refractivity contribution in [3.63, 3.8) is 0 Å². The number of hydrogen-bond donors (Lipinski definition) is 1. The van der Waals surface area contributed by atoms with Crippen molar-refractivity contribution in [3.8, 4) is 0 Å². The minimum Gasteiger partial charge on any atom is -0.371 e. The summed E-state index contributed by atoms with van der Waals surface area (Å²) in [7, 11) is 1.55. The van der Waals surface area contributed by atoms with Crippen molar-refractivity contribution < 1.29 is 19.2 Å². The molecule has 0 aromatic heterocycles. The number of rotatable bonds is 6. The molecule has 1 saturated carbocycles. The van der Waals surface area contributed by atoms with Crippen LogP contribution in [0.3, 0.4) is 0 Å². The largest absolute Gasteiger partial charge is 0.371 e. The van der Waals surface area contributed by atoms with Gasteiger partial charge in [0.25, 0.3) is 5.91 Å². The lowest BCUT2D eigenvalue weighted by Crippen LogP contribution is -2.53. The molecule has 3 unspecified atom stereocenters. The summed E-state index contributed by atoms with van der Waals surface area (Å²) < 4.78 is 0. The number of piperidine rings is 3. The molecule has 0 bridgehead atoms. The molecule has 8 heteroatoms. The number of amides is 3. The normalized spacial score (nSPS) is 27.8. The van der Waals surface area contributed by atoms with Crippen molar-refractivity contribution in [1.82, 2.24) is 15.1 Å². The molecule has 3 atom stereocenters. The molecule has 176 valence electrons. The Morgan fingerprint density at radius 2 is 1.88 bits per heavy atom. The Hall–Kier alpha value is -2.74. The topological polar surface area (TPSA) is 90.0 Å². The van der Waals surface area contributed by atoms with E-state index >= 15 is 0 Å². The molecule has 0 spiro atoms. The molecule has 0 radical (unpaired) electrons. The first-order chi connectivity index (χ1) is 15.9. The highest BCUT2D eigenvalue weighted by atomic mass is 16.2. The van der Waals surface area contributed by atoms with Gasteiger partial charge in [-0.25, -0.2) is 0 Å². The van der Waals surface area contributed by atoms with Crippen molar-refractivity contribution in [1.29, 1.82) is 0 Å². The molecule has 1 aromatic rings. The first-order valence-electron chi connectivity index (χ1n) is 12.1. The third-order valence-electron chi connectivity index (χ3n) is 7.94. The summed E-state index contributed by atoms with van der Waals surface area (Å²) in [6, 6.07) is 4.66. The highest BCUT2D eigenvalue weighted by molar-refractivity contribution is 6.06. The summed E-state index contributed by atoms with van der Waals surface area (Å²) in [5.41, 5.74) is 1.54. The van der Waals surface area contributed by atoms with Gasteiger partial charge in [-0.2, -0.15) is 0 Å². The number of benzene rings is 1. The SMILES string of the molecule is CN(C(=O)c1cc(N2CCC(CN3CC4CC4C3)CC2)ccc1C=O)C1CCC(=O)NC1=O. The smallest absolute Gasteiger partial charge is 0.255 e. The van der Waals surface area contributed by atoms with Gasteiger partial charge in [0.1, 0.15) is 6.04 Å². The van der Waals surface area contributed by atoms with Crippen molar-refractivity contribution in [2.45, 2.75) is 38.1 Å². The Kier molecular flexibility index (Phi) is 5.95. The number of nitrogens with zero attached hydrogens (tertiary/aromatic N) is 3. The number of nitrogens with one attached hydrogen (secondary N) is 1. The zero-order valence-corrected chi connectivity index (χ0v) is 19.2. The van der Waals surface area contributed by atoms with E-state index in [0.717, 1.165) is 43.5 Å². The monoisotopic (exact) mass is 452 g/mol. The molecule has 1 N–H and O–H groups in total. The Balaban J connectivity index is 1.24. The fraction of sp³-hybridized carbons (Fsp3) is 0.600. The van der Waals surface area contributed by atoms with Gasteiger partial charge >= 0.3 is 0 Å². The summed E-state index contributed by atoms with van der Waals surface area (Å²) in [6.07, 6.45) is 4.85. The van der Waals surface area contributed by atoms with Gasteiger partial charge in [-0.1, -0.05) is 0 Å². The second kappa shape index (κ2) is 8.89. The van der Waals surface area contributed by atoms with Crippen LogP contribution in [0.1, 0.15) is 52.8 Å². The Labute approximate surface area is 194 Å². The average Bonchev–Trinajstić information content (AvgIpc) is 3.43. The fourth-order valence-electron chi connectivity index (χ4n) is 5.80. The number of fused-ring (bicyclic) bond motifs is 1. The van der Waals surface area contributed by atoms with Crippen LogP contribution < -0.4 is 10.2 Å². The highest BCUT2D eigenvalue weighted by Gasteiger charge is 2.45. The summed E-state index contributed by atoms with van der Waals surface area (Å²) in [4.78, 5) is 54.8. The summed E-state index contributed by atoms with van der Waals surface area (Å²) in [6.45, 7) is 5.63. The number of carbonyl (C=O) groups is 4. The molecule has 8 nitrogen and oxygen atoms in total. The molecule has 4 aliphatic rings. The minimum absolute atomic E-state index is 0.197. The number of anilines is 1. The quantitative estimate of drug-likeness (QED) is 0.520. The maximum absolute atomic E-state index is 13.2. The number of carbonyl (C=O) groups excluding carboxylic acids is 4. The van der Waals surface area contributed by atoms with E-state index in [0.29, 0.717) is 23.3 Å². The van der Waals surface area contributed by atoms with Gasteiger partial charge in [-0.05, 0) is 61.6 Å². The van der Waals surface area contributed by atoms with Gasteiger partial charge in [0.15, 0.2) is 6.29 Å². The standard InChI is InChI=1S/C25H32N4O4/c1-27(22-4-5-23(31)26-24(22)32)25(33)21-11-20(3-2-17(21)15-30)29-8-6-16(7-9-29)12-28-13-18-10-19(18)14-28/h2-3,11,15-16,18-19,22H,4-10,12-14H2,1H3,(H,26,31,32). The average molecular weight is 453 g/mol. The highest BCUT2D eigenvalue weighted by Crippen LogP contribution is 2.45. The lowest BCUT2D eigenvalue weighted by atomic mass is 9.95. The molecule has 3 saturated heterocycles. The minimum atomic E-state index is -0.717. The van der Waals surface area contributed by atoms with Crippen molar-refractivity contribution in [2.24, 2.45) is 17.8 Å². The van der Waals surface area contributed by atoms with E-state index in [4.69, 9.17) is 0 Å². The molecule has 1 aliphatic carbocycles. The van der Waals surface area contributed by atoms with Crippen molar-refractivity contribution in [3.05, 3.63) is 29.3 Å². The maximum Gasteiger partial charge on any atom is 0.255 e. The Morgan fingerprint density at radius 3 is 2.55 bits per heavy atom. The van der Waals surface area contributed by atoms with E-state index in [1.165, 1.54) is 31.0 Å². The van der Waals surface area contributed by atoms with Gasteiger partial charge < -0.3 is 14.7 Å². The Bertz CT molecular complexity index is 961. The molecule has 33 heavy (non-hydrogen) atoms. The molecular formula is C25H32N4O4.